The van der Waals surface area contributed by atoms with E-state index in [1.807, 2.05) is 6.07 Å². The molecule has 9 nitrogen and oxygen atoms in total. The molecule has 2 atom stereocenters. The van der Waals surface area contributed by atoms with Gasteiger partial charge >= 0.3 is 6.09 Å². The lowest BCUT2D eigenvalue weighted by molar-refractivity contribution is -0.124. The van der Waals surface area contributed by atoms with E-state index >= 15 is 0 Å². The maximum Gasteiger partial charge on any atom is 0.412 e. The number of phenolic OH excluding ortho intramolecular Hbond substituents is 1. The topological polar surface area (TPSA) is 141 Å². The highest BCUT2D eigenvalue weighted by Gasteiger charge is 2.28. The SMILES string of the molecule is CCO[C@@H](/C=C/C(=O)NO)[C@@H](OC(=O)Nc1ccc(C#N)cc1)c1ccc(O)c2ccccc12. The van der Waals surface area contributed by atoms with Gasteiger partial charge in [-0.2, -0.15) is 5.26 Å². The molecule has 4 N–H and O–H groups in total. The lowest BCUT2D eigenvalue weighted by Crippen LogP contribution is -2.28. The van der Waals surface area contributed by atoms with Crippen LogP contribution >= 0.6 is 0 Å². The average molecular weight is 461 g/mol. The molecule has 34 heavy (non-hydrogen) atoms. The van der Waals surface area contributed by atoms with E-state index in [0.717, 1.165) is 6.08 Å². The smallest absolute Gasteiger partial charge is 0.412 e. The largest absolute Gasteiger partial charge is 0.507 e. The Balaban J connectivity index is 2.00. The van der Waals surface area contributed by atoms with Crippen LogP contribution in [0.4, 0.5) is 10.5 Å². The molecule has 0 saturated heterocycles. The molecule has 0 bridgehead atoms. The fraction of sp³-hybridized carbons (Fsp3) is 0.160. The highest BCUT2D eigenvalue weighted by molar-refractivity contribution is 5.92. The summed E-state index contributed by atoms with van der Waals surface area (Å²) in [7, 11) is 0. The first-order valence-corrected chi connectivity index (χ1v) is 10.4. The van der Waals surface area contributed by atoms with Crippen LogP contribution in [-0.2, 0) is 14.3 Å². The standard InChI is InChI=1S/C25H23N3O6/c1-2-33-22(13-14-23(30)28-32)24(20-11-12-21(29)19-6-4-3-5-18(19)20)34-25(31)27-17-9-7-16(15-26)8-10-17/h3-14,22,24,29,32H,2H2,1H3,(H,27,31)(H,28,30)/b14-13+/t22-,24-/m0/s1. The number of carbonyl (C=O) groups is 2. The third kappa shape index (κ3) is 5.89. The molecule has 0 radical (unpaired) electrons. The van der Waals surface area contributed by atoms with Crippen molar-refractivity contribution in [2.75, 3.05) is 11.9 Å². The van der Waals surface area contributed by atoms with E-state index in [4.69, 9.17) is 19.9 Å². The molecule has 3 aromatic rings. The number of rotatable bonds is 8. The molecule has 2 amide bonds. The molecule has 3 aromatic carbocycles. The zero-order valence-electron chi connectivity index (χ0n) is 18.3. The number of benzene rings is 3. The van der Waals surface area contributed by atoms with Crippen molar-refractivity contribution in [3.05, 3.63) is 83.9 Å². The van der Waals surface area contributed by atoms with E-state index in [1.165, 1.54) is 17.6 Å². The number of hydroxylamine groups is 1. The van der Waals surface area contributed by atoms with Crippen molar-refractivity contribution in [1.29, 1.82) is 5.26 Å². The highest BCUT2D eigenvalue weighted by Crippen LogP contribution is 2.35. The summed E-state index contributed by atoms with van der Waals surface area (Å²) in [5, 5.41) is 31.8. The van der Waals surface area contributed by atoms with Crippen LogP contribution in [-0.4, -0.2) is 35.0 Å². The molecule has 0 unspecified atom stereocenters. The molecule has 0 aliphatic carbocycles. The van der Waals surface area contributed by atoms with Crippen LogP contribution < -0.4 is 10.8 Å². The van der Waals surface area contributed by atoms with Gasteiger partial charge in [-0.15, -0.1) is 0 Å². The number of hydrogen-bond acceptors (Lipinski definition) is 7. The molecule has 0 aromatic heterocycles. The second kappa shape index (κ2) is 11.5. The van der Waals surface area contributed by atoms with E-state index < -0.39 is 24.2 Å². The first kappa shape index (κ1) is 24.3. The minimum Gasteiger partial charge on any atom is -0.507 e. The van der Waals surface area contributed by atoms with Gasteiger partial charge in [0.2, 0.25) is 0 Å². The summed E-state index contributed by atoms with van der Waals surface area (Å²) in [4.78, 5) is 24.4. The average Bonchev–Trinajstić information content (AvgIpc) is 2.86. The van der Waals surface area contributed by atoms with Crippen LogP contribution in [0.15, 0.2) is 72.8 Å². The number of fused-ring (bicyclic) bond motifs is 1. The number of anilines is 1. The Kier molecular flexibility index (Phi) is 8.18. The Labute approximate surface area is 195 Å². The van der Waals surface area contributed by atoms with Gasteiger partial charge in [0.25, 0.3) is 5.91 Å². The number of nitriles is 1. The minimum absolute atomic E-state index is 0.0586. The molecule has 174 valence electrons. The Morgan fingerprint density at radius 3 is 2.44 bits per heavy atom. The number of ether oxygens (including phenoxy) is 2. The Hall–Kier alpha value is -4.39. The monoisotopic (exact) mass is 461 g/mol. The van der Waals surface area contributed by atoms with E-state index in [1.54, 1.807) is 61.5 Å². The highest BCUT2D eigenvalue weighted by atomic mass is 16.6. The van der Waals surface area contributed by atoms with Crippen molar-refractivity contribution >= 4 is 28.5 Å². The van der Waals surface area contributed by atoms with Crippen LogP contribution in [0, 0.1) is 11.3 Å². The van der Waals surface area contributed by atoms with Crippen molar-refractivity contribution in [2.45, 2.75) is 19.1 Å². The van der Waals surface area contributed by atoms with Gasteiger partial charge < -0.3 is 14.6 Å². The Morgan fingerprint density at radius 2 is 1.79 bits per heavy atom. The molecule has 9 heteroatoms. The molecular weight excluding hydrogens is 438 g/mol. The number of nitrogens with zero attached hydrogens (tertiary/aromatic N) is 1. The van der Waals surface area contributed by atoms with Gasteiger partial charge in [0, 0.05) is 29.3 Å². The second-order valence-electron chi connectivity index (χ2n) is 7.11. The van der Waals surface area contributed by atoms with Gasteiger partial charge in [-0.25, -0.2) is 10.3 Å². The predicted molar refractivity (Wildman–Crippen MR) is 124 cm³/mol. The third-order valence-corrected chi connectivity index (χ3v) is 4.94. The van der Waals surface area contributed by atoms with Crippen LogP contribution in [0.5, 0.6) is 5.75 Å². The van der Waals surface area contributed by atoms with Gasteiger partial charge in [0.15, 0.2) is 6.10 Å². The number of amides is 2. The number of aromatic hydroxyl groups is 1. The van der Waals surface area contributed by atoms with Gasteiger partial charge in [0.1, 0.15) is 11.9 Å². The summed E-state index contributed by atoms with van der Waals surface area (Å²) in [5.41, 5.74) is 2.90. The lowest BCUT2D eigenvalue weighted by Gasteiger charge is -2.26. The summed E-state index contributed by atoms with van der Waals surface area (Å²) in [6.45, 7) is 1.98. The molecule has 0 fully saturated rings. The predicted octanol–water partition coefficient (Wildman–Crippen LogP) is 4.17. The fourth-order valence-electron chi connectivity index (χ4n) is 3.41. The van der Waals surface area contributed by atoms with Crippen LogP contribution in [0.2, 0.25) is 0 Å². The first-order chi connectivity index (χ1) is 16.5. The Morgan fingerprint density at radius 1 is 1.09 bits per heavy atom. The minimum atomic E-state index is -1.02. The summed E-state index contributed by atoms with van der Waals surface area (Å²) in [6.07, 6.45) is -0.279. The number of hydrogen-bond donors (Lipinski definition) is 4. The van der Waals surface area contributed by atoms with Gasteiger partial charge in [-0.3, -0.25) is 15.3 Å². The Bertz CT molecular complexity index is 1230. The molecule has 0 saturated carbocycles. The first-order valence-electron chi connectivity index (χ1n) is 10.4. The van der Waals surface area contributed by atoms with E-state index in [0.29, 0.717) is 27.6 Å². The third-order valence-electron chi connectivity index (χ3n) is 4.94. The molecule has 0 heterocycles. The summed E-state index contributed by atoms with van der Waals surface area (Å²) < 4.78 is 11.5. The second-order valence-corrected chi connectivity index (χ2v) is 7.11. The number of nitrogens with one attached hydrogen (secondary N) is 2. The normalized spacial score (nSPS) is 12.6. The van der Waals surface area contributed by atoms with Crippen LogP contribution in [0.1, 0.15) is 24.2 Å². The number of phenols is 1. The summed E-state index contributed by atoms with van der Waals surface area (Å²) in [6, 6.07) is 18.4. The number of carbonyl (C=O) groups excluding carboxylic acids is 2. The molecule has 3 rings (SSSR count). The maximum atomic E-state index is 12.8. The van der Waals surface area contributed by atoms with Gasteiger partial charge in [0.05, 0.1) is 11.6 Å². The van der Waals surface area contributed by atoms with Crippen LogP contribution in [0.25, 0.3) is 10.8 Å². The van der Waals surface area contributed by atoms with Crippen molar-refractivity contribution in [3.8, 4) is 11.8 Å². The van der Waals surface area contributed by atoms with Crippen LogP contribution in [0.3, 0.4) is 0 Å². The molecular formula is C25H23N3O6. The zero-order valence-corrected chi connectivity index (χ0v) is 18.3. The van der Waals surface area contributed by atoms with Crippen molar-refractivity contribution in [1.82, 2.24) is 5.48 Å². The molecule has 0 aliphatic heterocycles. The lowest BCUT2D eigenvalue weighted by atomic mass is 9.96. The van der Waals surface area contributed by atoms with E-state index in [-0.39, 0.29) is 12.4 Å². The molecule has 0 aliphatic rings. The van der Waals surface area contributed by atoms with Gasteiger partial charge in [-0.1, -0.05) is 30.3 Å². The van der Waals surface area contributed by atoms with Crippen molar-refractivity contribution < 1.29 is 29.4 Å². The summed E-state index contributed by atoms with van der Waals surface area (Å²) in [5.74, 6) is -0.718. The fourth-order valence-corrected chi connectivity index (χ4v) is 3.41. The van der Waals surface area contributed by atoms with Crippen molar-refractivity contribution in [2.24, 2.45) is 0 Å². The van der Waals surface area contributed by atoms with Gasteiger partial charge in [-0.05, 0) is 48.7 Å². The van der Waals surface area contributed by atoms with E-state index in [9.17, 15) is 14.7 Å². The van der Waals surface area contributed by atoms with Crippen molar-refractivity contribution in [3.63, 3.8) is 0 Å². The maximum absolute atomic E-state index is 12.8. The molecule has 0 spiro atoms. The zero-order chi connectivity index (χ0) is 24.5. The quantitative estimate of drug-likeness (QED) is 0.224. The summed E-state index contributed by atoms with van der Waals surface area (Å²) >= 11 is 0. The van der Waals surface area contributed by atoms with E-state index in [2.05, 4.69) is 5.32 Å².